The van der Waals surface area contributed by atoms with Crippen LogP contribution in [-0.4, -0.2) is 45.8 Å². The number of primary amides is 1. The predicted molar refractivity (Wildman–Crippen MR) is 142 cm³/mol. The van der Waals surface area contributed by atoms with Gasteiger partial charge < -0.3 is 20.9 Å². The molecule has 2 aliphatic rings. The van der Waals surface area contributed by atoms with Crippen LogP contribution >= 0.6 is 0 Å². The van der Waals surface area contributed by atoms with Crippen LogP contribution in [0.2, 0.25) is 0 Å². The highest BCUT2D eigenvalue weighted by molar-refractivity contribution is 5.95. The first-order chi connectivity index (χ1) is 17.4. The molecular formula is C29H37N5O2. The molecule has 0 spiro atoms. The van der Waals surface area contributed by atoms with Crippen LogP contribution < -0.4 is 11.1 Å². The van der Waals surface area contributed by atoms with E-state index in [0.717, 1.165) is 66.1 Å². The van der Waals surface area contributed by atoms with Crippen molar-refractivity contribution in [2.75, 3.05) is 13.6 Å². The van der Waals surface area contributed by atoms with Crippen LogP contribution in [0.25, 0.3) is 22.0 Å². The molecular weight excluding hydrogens is 450 g/mol. The number of aromatic nitrogens is 2. The molecule has 5 rings (SSSR count). The minimum absolute atomic E-state index is 0.0394. The number of likely N-dealkylation sites (tertiary alicyclic amines) is 1. The molecule has 2 aromatic heterocycles. The first-order valence-electron chi connectivity index (χ1n) is 13.2. The van der Waals surface area contributed by atoms with Gasteiger partial charge in [-0.1, -0.05) is 37.5 Å². The number of likely N-dealkylation sites (N-methyl/N-ethyl adjacent to an activating group) is 1. The molecule has 190 valence electrons. The maximum atomic E-state index is 14.3. The van der Waals surface area contributed by atoms with Crippen molar-refractivity contribution < 1.29 is 9.59 Å². The minimum atomic E-state index is -1.09. The Labute approximate surface area is 212 Å². The summed E-state index contributed by atoms with van der Waals surface area (Å²) in [6.07, 6.45) is 12.9. The lowest BCUT2D eigenvalue weighted by atomic mass is 9.69. The van der Waals surface area contributed by atoms with Crippen LogP contribution in [0.4, 0.5) is 0 Å². The second-order valence-corrected chi connectivity index (χ2v) is 10.6. The summed E-state index contributed by atoms with van der Waals surface area (Å²) in [4.78, 5) is 36.9. The van der Waals surface area contributed by atoms with E-state index in [9.17, 15) is 9.59 Å². The molecule has 0 bridgehead atoms. The molecule has 1 aliphatic heterocycles. The Morgan fingerprint density at radius 1 is 1.14 bits per heavy atom. The first kappa shape index (κ1) is 24.5. The standard InChI is InChI=1S/C29H37N5O2/c1-29(31-2,28(30)36)26(19-9-4-3-5-10-19)27(35)34-14-8-13-25(34)21-15-20(16-32-17-21)23-18-33-24-12-7-6-11-22(23)24/h6-7,11-12,15-19,25-26,31,33H,3-5,8-10,13-14H2,1-2H3,(H2,30,36)/t25-,26+,29?/m0/s1. The molecule has 3 atom stereocenters. The molecule has 7 heteroatoms. The SMILES string of the molecule is CNC(C)(C(N)=O)[C@@H](C(=O)N1CCC[C@H]1c1cncc(-c2c[nH]c3ccccc23)c1)C1CCCCC1. The summed E-state index contributed by atoms with van der Waals surface area (Å²) < 4.78 is 0. The largest absolute Gasteiger partial charge is 0.368 e. The van der Waals surface area contributed by atoms with Crippen LogP contribution in [0.3, 0.4) is 0 Å². The van der Waals surface area contributed by atoms with E-state index < -0.39 is 17.4 Å². The Balaban J connectivity index is 1.48. The average Bonchev–Trinajstić information content (AvgIpc) is 3.57. The summed E-state index contributed by atoms with van der Waals surface area (Å²) >= 11 is 0. The molecule has 1 saturated carbocycles. The molecule has 1 unspecified atom stereocenters. The molecule has 3 aromatic rings. The maximum Gasteiger partial charge on any atom is 0.238 e. The number of hydrogen-bond donors (Lipinski definition) is 3. The van der Waals surface area contributed by atoms with Gasteiger partial charge in [0.15, 0.2) is 0 Å². The van der Waals surface area contributed by atoms with Crippen molar-refractivity contribution in [1.82, 2.24) is 20.2 Å². The van der Waals surface area contributed by atoms with E-state index in [4.69, 9.17) is 5.73 Å². The highest BCUT2D eigenvalue weighted by atomic mass is 16.2. The predicted octanol–water partition coefficient (Wildman–Crippen LogP) is 4.55. The summed E-state index contributed by atoms with van der Waals surface area (Å²) in [7, 11) is 1.74. The maximum absolute atomic E-state index is 14.3. The molecule has 0 radical (unpaired) electrons. The number of pyridine rings is 1. The van der Waals surface area contributed by atoms with Gasteiger partial charge in [-0.05, 0) is 63.3 Å². The molecule has 2 fully saturated rings. The third kappa shape index (κ3) is 4.30. The van der Waals surface area contributed by atoms with E-state index in [2.05, 4.69) is 33.5 Å². The Bertz CT molecular complexity index is 1250. The van der Waals surface area contributed by atoms with Crippen molar-refractivity contribution in [3.63, 3.8) is 0 Å². The Morgan fingerprint density at radius 2 is 1.92 bits per heavy atom. The number of aromatic amines is 1. The van der Waals surface area contributed by atoms with Crippen molar-refractivity contribution in [3.8, 4) is 11.1 Å². The quantitative estimate of drug-likeness (QED) is 0.455. The van der Waals surface area contributed by atoms with E-state index in [0.29, 0.717) is 6.54 Å². The van der Waals surface area contributed by atoms with Crippen molar-refractivity contribution in [3.05, 3.63) is 54.5 Å². The third-order valence-corrected chi connectivity index (χ3v) is 8.62. The van der Waals surface area contributed by atoms with E-state index >= 15 is 0 Å². The lowest BCUT2D eigenvalue weighted by molar-refractivity contribution is -0.147. The van der Waals surface area contributed by atoms with Crippen molar-refractivity contribution >= 4 is 22.7 Å². The number of nitrogens with one attached hydrogen (secondary N) is 2. The highest BCUT2D eigenvalue weighted by Crippen LogP contribution is 2.41. The second-order valence-electron chi connectivity index (χ2n) is 10.6. The Kier molecular flexibility index (Phi) is 6.84. The normalized spacial score (nSPS) is 21.4. The zero-order valence-electron chi connectivity index (χ0n) is 21.3. The summed E-state index contributed by atoms with van der Waals surface area (Å²) in [5, 5.41) is 4.29. The van der Waals surface area contributed by atoms with Crippen molar-refractivity contribution in [2.24, 2.45) is 17.6 Å². The van der Waals surface area contributed by atoms with Gasteiger partial charge in [-0.15, -0.1) is 0 Å². The number of carbonyl (C=O) groups is 2. The smallest absolute Gasteiger partial charge is 0.238 e. The number of hydrogen-bond acceptors (Lipinski definition) is 4. The number of benzene rings is 1. The van der Waals surface area contributed by atoms with Gasteiger partial charge in [-0.3, -0.25) is 14.6 Å². The van der Waals surface area contributed by atoms with Gasteiger partial charge in [0.2, 0.25) is 11.8 Å². The van der Waals surface area contributed by atoms with E-state index in [-0.39, 0.29) is 17.9 Å². The number of carbonyl (C=O) groups excluding carboxylic acids is 2. The Morgan fingerprint density at radius 3 is 2.67 bits per heavy atom. The van der Waals surface area contributed by atoms with Gasteiger partial charge in [0, 0.05) is 47.2 Å². The summed E-state index contributed by atoms with van der Waals surface area (Å²) in [5.74, 6) is -0.760. The molecule has 1 aliphatic carbocycles. The molecule has 1 saturated heterocycles. The fourth-order valence-electron chi connectivity index (χ4n) is 6.47. The lowest BCUT2D eigenvalue weighted by Gasteiger charge is -2.43. The lowest BCUT2D eigenvalue weighted by Crippen LogP contribution is -2.63. The van der Waals surface area contributed by atoms with Gasteiger partial charge in [0.25, 0.3) is 0 Å². The highest BCUT2D eigenvalue weighted by Gasteiger charge is 2.50. The van der Waals surface area contributed by atoms with Gasteiger partial charge in [0.05, 0.1) is 12.0 Å². The fraction of sp³-hybridized carbons (Fsp3) is 0.483. The van der Waals surface area contributed by atoms with E-state index in [1.54, 1.807) is 14.0 Å². The monoisotopic (exact) mass is 487 g/mol. The van der Waals surface area contributed by atoms with Gasteiger partial charge >= 0.3 is 0 Å². The van der Waals surface area contributed by atoms with Gasteiger partial charge in [-0.25, -0.2) is 0 Å². The first-order valence-corrected chi connectivity index (χ1v) is 13.2. The van der Waals surface area contributed by atoms with Crippen molar-refractivity contribution in [2.45, 2.75) is 63.5 Å². The topological polar surface area (TPSA) is 104 Å². The number of rotatable bonds is 7. The molecule has 7 nitrogen and oxygen atoms in total. The van der Waals surface area contributed by atoms with Gasteiger partial charge in [0.1, 0.15) is 5.54 Å². The molecule has 3 heterocycles. The fourth-order valence-corrected chi connectivity index (χ4v) is 6.47. The second kappa shape index (κ2) is 10.1. The number of nitrogens with two attached hydrogens (primary N) is 1. The Hall–Kier alpha value is -3.19. The number of para-hydroxylation sites is 1. The number of nitrogens with zero attached hydrogens (tertiary/aromatic N) is 2. The van der Waals surface area contributed by atoms with Gasteiger partial charge in [-0.2, -0.15) is 0 Å². The molecule has 1 aromatic carbocycles. The van der Waals surface area contributed by atoms with Crippen LogP contribution in [-0.2, 0) is 9.59 Å². The van der Waals surface area contributed by atoms with Crippen LogP contribution in [0.5, 0.6) is 0 Å². The minimum Gasteiger partial charge on any atom is -0.368 e. The number of H-pyrrole nitrogens is 1. The zero-order valence-corrected chi connectivity index (χ0v) is 21.3. The van der Waals surface area contributed by atoms with Crippen LogP contribution in [0.1, 0.15) is 63.5 Å². The van der Waals surface area contributed by atoms with Crippen molar-refractivity contribution in [1.29, 1.82) is 0 Å². The number of amides is 2. The van der Waals surface area contributed by atoms with Crippen LogP contribution in [0.15, 0.2) is 48.9 Å². The third-order valence-electron chi connectivity index (χ3n) is 8.62. The zero-order chi connectivity index (χ0) is 25.3. The molecule has 2 amide bonds. The summed E-state index contributed by atoms with van der Waals surface area (Å²) in [6, 6.07) is 10.3. The number of fused-ring (bicyclic) bond motifs is 1. The van der Waals surface area contributed by atoms with E-state index in [1.807, 2.05) is 35.6 Å². The molecule has 4 N–H and O–H groups in total. The molecule has 36 heavy (non-hydrogen) atoms. The van der Waals surface area contributed by atoms with Crippen LogP contribution in [0, 0.1) is 11.8 Å². The van der Waals surface area contributed by atoms with E-state index in [1.165, 1.54) is 6.42 Å². The summed E-state index contributed by atoms with van der Waals surface area (Å²) in [5.41, 5.74) is 9.08. The summed E-state index contributed by atoms with van der Waals surface area (Å²) in [6.45, 7) is 2.49. The average molecular weight is 488 g/mol.